The number of thiophene rings is 1. The van der Waals surface area contributed by atoms with Crippen LogP contribution in [-0.4, -0.2) is 84.4 Å². The number of hydrogen-bond donors (Lipinski definition) is 0. The number of carbonyl (C=O) groups excluding carboxylic acids is 3. The molecular weight excluding hydrogens is 378 g/mol. The van der Waals surface area contributed by atoms with Crippen LogP contribution in [0.3, 0.4) is 0 Å². The summed E-state index contributed by atoms with van der Waals surface area (Å²) in [7, 11) is 0. The maximum Gasteiger partial charge on any atom is 0.263 e. The average Bonchev–Trinajstić information content (AvgIpc) is 3.47. The van der Waals surface area contributed by atoms with E-state index < -0.39 is 0 Å². The third kappa shape index (κ3) is 4.07. The van der Waals surface area contributed by atoms with Gasteiger partial charge in [0.15, 0.2) is 0 Å². The lowest BCUT2D eigenvalue weighted by Crippen LogP contribution is -2.54. The minimum Gasteiger partial charge on any atom is -0.368 e. The maximum atomic E-state index is 12.9. The monoisotopic (exact) mass is 405 g/mol. The summed E-state index contributed by atoms with van der Waals surface area (Å²) in [6.07, 6.45) is 2.90. The first kappa shape index (κ1) is 19.4. The summed E-state index contributed by atoms with van der Waals surface area (Å²) in [5.41, 5.74) is 0. The van der Waals surface area contributed by atoms with Crippen LogP contribution >= 0.6 is 11.3 Å². The number of hydrogen-bond acceptors (Lipinski definition) is 5. The van der Waals surface area contributed by atoms with Gasteiger partial charge in [-0.15, -0.1) is 11.3 Å². The van der Waals surface area contributed by atoms with Gasteiger partial charge < -0.3 is 19.4 Å². The molecule has 152 valence electrons. The zero-order chi connectivity index (χ0) is 19.5. The number of piperidine rings is 1. The van der Waals surface area contributed by atoms with Gasteiger partial charge in [0, 0.05) is 51.8 Å². The lowest BCUT2D eigenvalue weighted by atomic mass is 9.94. The average molecular weight is 406 g/mol. The van der Waals surface area contributed by atoms with E-state index in [1.165, 1.54) is 11.3 Å². The van der Waals surface area contributed by atoms with Gasteiger partial charge in [-0.05, 0) is 37.1 Å². The van der Waals surface area contributed by atoms with Crippen molar-refractivity contribution in [2.45, 2.75) is 31.8 Å². The van der Waals surface area contributed by atoms with Crippen LogP contribution in [-0.2, 0) is 14.3 Å². The molecule has 0 N–H and O–H groups in total. The summed E-state index contributed by atoms with van der Waals surface area (Å²) in [6.45, 7) is 4.27. The zero-order valence-corrected chi connectivity index (χ0v) is 16.9. The van der Waals surface area contributed by atoms with Gasteiger partial charge in [0.1, 0.15) is 6.10 Å². The highest BCUT2D eigenvalue weighted by Gasteiger charge is 2.34. The molecule has 28 heavy (non-hydrogen) atoms. The van der Waals surface area contributed by atoms with Crippen LogP contribution in [0.4, 0.5) is 0 Å². The molecule has 0 radical (unpaired) electrons. The van der Waals surface area contributed by atoms with Crippen LogP contribution in [0, 0.1) is 5.92 Å². The molecule has 3 aliphatic heterocycles. The van der Waals surface area contributed by atoms with Crippen molar-refractivity contribution in [2.24, 2.45) is 5.92 Å². The Balaban J connectivity index is 1.24. The highest BCUT2D eigenvalue weighted by atomic mass is 32.1. The van der Waals surface area contributed by atoms with E-state index >= 15 is 0 Å². The molecule has 0 aromatic carbocycles. The molecule has 1 unspecified atom stereocenters. The first-order valence-electron chi connectivity index (χ1n) is 10.2. The molecule has 0 bridgehead atoms. The normalized spacial score (nSPS) is 23.9. The third-order valence-electron chi connectivity index (χ3n) is 5.97. The van der Waals surface area contributed by atoms with Crippen molar-refractivity contribution in [3.63, 3.8) is 0 Å². The number of rotatable bonds is 3. The fourth-order valence-corrected chi connectivity index (χ4v) is 4.96. The molecule has 3 aliphatic rings. The quantitative estimate of drug-likeness (QED) is 0.763. The molecule has 0 saturated carbocycles. The zero-order valence-electron chi connectivity index (χ0n) is 16.0. The van der Waals surface area contributed by atoms with E-state index in [4.69, 9.17) is 4.74 Å². The van der Waals surface area contributed by atoms with Gasteiger partial charge in [0.25, 0.3) is 11.8 Å². The number of amides is 3. The van der Waals surface area contributed by atoms with E-state index in [9.17, 15) is 14.4 Å². The van der Waals surface area contributed by atoms with Gasteiger partial charge >= 0.3 is 0 Å². The summed E-state index contributed by atoms with van der Waals surface area (Å²) in [4.78, 5) is 44.1. The molecule has 3 saturated heterocycles. The van der Waals surface area contributed by atoms with Gasteiger partial charge in [-0.3, -0.25) is 14.4 Å². The Morgan fingerprint density at radius 1 is 0.893 bits per heavy atom. The minimum absolute atomic E-state index is 0.0206. The number of ether oxygens (including phenoxy) is 1. The number of nitrogens with zero attached hydrogens (tertiary/aromatic N) is 3. The van der Waals surface area contributed by atoms with Gasteiger partial charge in [-0.1, -0.05) is 6.07 Å². The molecule has 0 aliphatic carbocycles. The van der Waals surface area contributed by atoms with E-state index in [1.54, 1.807) is 0 Å². The SMILES string of the molecule is O=C(c1cccs1)N1CCC(C(=O)N2CCN(C(=O)C3CCCO3)CC2)CC1. The summed E-state index contributed by atoms with van der Waals surface area (Å²) in [5, 5.41) is 1.91. The van der Waals surface area contributed by atoms with Crippen LogP contribution in [0.5, 0.6) is 0 Å². The number of piperazine rings is 1. The standard InChI is InChI=1S/C20H27N3O4S/c24-18(15-5-7-21(8-6-15)20(26)17-4-2-14-28-17)22-9-11-23(12-10-22)19(25)16-3-1-13-27-16/h2,4,14-16H,1,3,5-13H2. The summed E-state index contributed by atoms with van der Waals surface area (Å²) in [6, 6.07) is 3.74. The number of carbonyl (C=O) groups is 3. The molecule has 4 rings (SSSR count). The van der Waals surface area contributed by atoms with Gasteiger partial charge in [-0.25, -0.2) is 0 Å². The van der Waals surface area contributed by atoms with Gasteiger partial charge in [0.05, 0.1) is 4.88 Å². The van der Waals surface area contributed by atoms with E-state index in [1.807, 2.05) is 32.2 Å². The lowest BCUT2D eigenvalue weighted by molar-refractivity contribution is -0.147. The molecule has 1 atom stereocenters. The Hall–Kier alpha value is -1.93. The van der Waals surface area contributed by atoms with Crippen LogP contribution in [0.25, 0.3) is 0 Å². The fourth-order valence-electron chi connectivity index (χ4n) is 4.27. The predicted octanol–water partition coefficient (Wildman–Crippen LogP) is 1.45. The molecule has 7 nitrogen and oxygen atoms in total. The van der Waals surface area contributed by atoms with Crippen LogP contribution in [0.1, 0.15) is 35.4 Å². The summed E-state index contributed by atoms with van der Waals surface area (Å²) < 4.78 is 5.49. The third-order valence-corrected chi connectivity index (χ3v) is 6.83. The molecule has 1 aromatic rings. The van der Waals surface area contributed by atoms with Crippen LogP contribution in [0.2, 0.25) is 0 Å². The van der Waals surface area contributed by atoms with E-state index in [2.05, 4.69) is 0 Å². The Labute approximate surface area is 169 Å². The molecule has 3 fully saturated rings. The highest BCUT2D eigenvalue weighted by molar-refractivity contribution is 7.12. The Morgan fingerprint density at radius 2 is 1.57 bits per heavy atom. The largest absolute Gasteiger partial charge is 0.368 e. The van der Waals surface area contributed by atoms with Crippen molar-refractivity contribution >= 4 is 29.1 Å². The Kier molecular flexibility index (Phi) is 5.96. The van der Waals surface area contributed by atoms with Crippen LogP contribution in [0.15, 0.2) is 17.5 Å². The van der Waals surface area contributed by atoms with Crippen LogP contribution < -0.4 is 0 Å². The Bertz CT molecular complexity index is 701. The first-order valence-corrected chi connectivity index (χ1v) is 11.0. The Morgan fingerprint density at radius 3 is 2.14 bits per heavy atom. The summed E-state index contributed by atoms with van der Waals surface area (Å²) >= 11 is 1.46. The minimum atomic E-state index is -0.285. The van der Waals surface area contributed by atoms with Crippen molar-refractivity contribution in [1.29, 1.82) is 0 Å². The molecule has 0 spiro atoms. The van der Waals surface area contributed by atoms with Crippen molar-refractivity contribution in [3.05, 3.63) is 22.4 Å². The van der Waals surface area contributed by atoms with Crippen molar-refractivity contribution < 1.29 is 19.1 Å². The second-order valence-corrected chi connectivity index (χ2v) is 8.64. The topological polar surface area (TPSA) is 70.2 Å². The molecule has 3 amide bonds. The number of likely N-dealkylation sites (tertiary alicyclic amines) is 1. The first-order chi connectivity index (χ1) is 13.6. The van der Waals surface area contributed by atoms with E-state index in [0.29, 0.717) is 58.7 Å². The predicted molar refractivity (Wildman–Crippen MR) is 105 cm³/mol. The molecular formula is C20H27N3O4S. The van der Waals surface area contributed by atoms with Gasteiger partial charge in [-0.2, -0.15) is 0 Å². The summed E-state index contributed by atoms with van der Waals surface area (Å²) in [5.74, 6) is 0.299. The second-order valence-electron chi connectivity index (χ2n) is 7.70. The smallest absolute Gasteiger partial charge is 0.263 e. The molecule has 8 heteroatoms. The van der Waals surface area contributed by atoms with E-state index in [0.717, 1.165) is 17.7 Å². The fraction of sp³-hybridized carbons (Fsp3) is 0.650. The second kappa shape index (κ2) is 8.61. The van der Waals surface area contributed by atoms with E-state index in [-0.39, 0.29) is 29.7 Å². The molecule has 1 aromatic heterocycles. The maximum absolute atomic E-state index is 12.9. The molecule has 4 heterocycles. The van der Waals surface area contributed by atoms with Crippen molar-refractivity contribution in [2.75, 3.05) is 45.9 Å². The van der Waals surface area contributed by atoms with Crippen molar-refractivity contribution in [3.8, 4) is 0 Å². The van der Waals surface area contributed by atoms with Gasteiger partial charge in [0.2, 0.25) is 5.91 Å². The lowest BCUT2D eigenvalue weighted by Gasteiger charge is -2.39. The van der Waals surface area contributed by atoms with Crippen molar-refractivity contribution in [1.82, 2.24) is 14.7 Å². The highest BCUT2D eigenvalue weighted by Crippen LogP contribution is 2.23.